The minimum atomic E-state index is -0.119. The van der Waals surface area contributed by atoms with Gasteiger partial charge in [0.05, 0.1) is 33.1 Å². The highest BCUT2D eigenvalue weighted by Gasteiger charge is 2.34. The number of rotatable bonds is 8. The molecule has 3 heterocycles. The lowest BCUT2D eigenvalue weighted by atomic mass is 10.1. The molecule has 9 nitrogen and oxygen atoms in total. The predicted octanol–water partition coefficient (Wildman–Crippen LogP) is 1.31. The van der Waals surface area contributed by atoms with Crippen molar-refractivity contribution in [2.24, 2.45) is 5.92 Å². The van der Waals surface area contributed by atoms with Gasteiger partial charge < -0.3 is 19.1 Å². The number of amides is 1. The summed E-state index contributed by atoms with van der Waals surface area (Å²) >= 11 is 0. The van der Waals surface area contributed by atoms with Gasteiger partial charge in [-0.1, -0.05) is 5.21 Å². The maximum Gasteiger partial charge on any atom is 0.259 e. The van der Waals surface area contributed by atoms with Crippen LogP contribution in [0.5, 0.6) is 11.8 Å². The van der Waals surface area contributed by atoms with Gasteiger partial charge in [0.1, 0.15) is 11.3 Å². The Bertz CT molecular complexity index is 814. The molecule has 0 radical (unpaired) electrons. The Morgan fingerprint density at radius 3 is 2.74 bits per heavy atom. The maximum absolute atomic E-state index is 12.7. The molecule has 0 atom stereocenters. The van der Waals surface area contributed by atoms with E-state index >= 15 is 0 Å². The molecule has 1 amide bonds. The summed E-state index contributed by atoms with van der Waals surface area (Å²) in [6.07, 6.45) is 4.44. The van der Waals surface area contributed by atoms with Crippen LogP contribution in [-0.2, 0) is 11.3 Å². The van der Waals surface area contributed by atoms with Crippen LogP contribution in [0.4, 0.5) is 0 Å². The smallest absolute Gasteiger partial charge is 0.259 e. The molecule has 0 unspecified atom stereocenters. The van der Waals surface area contributed by atoms with Gasteiger partial charge in [-0.2, -0.15) is 4.98 Å². The molecule has 1 saturated carbocycles. The lowest BCUT2D eigenvalue weighted by Gasteiger charge is -2.38. The highest BCUT2D eigenvalue weighted by Crippen LogP contribution is 2.29. The topological polar surface area (TPSA) is 91.6 Å². The first-order chi connectivity index (χ1) is 13.2. The van der Waals surface area contributed by atoms with Crippen LogP contribution in [0.2, 0.25) is 0 Å². The molecule has 27 heavy (non-hydrogen) atoms. The number of aromatic nitrogens is 4. The molecule has 1 aliphatic heterocycles. The number of likely N-dealkylation sites (tertiary alicyclic amines) is 1. The van der Waals surface area contributed by atoms with E-state index in [0.29, 0.717) is 31.1 Å². The number of carbonyl (C=O) groups excluding carboxylic acids is 1. The Morgan fingerprint density at radius 1 is 1.22 bits per heavy atom. The summed E-state index contributed by atoms with van der Waals surface area (Å²) < 4.78 is 17.7. The second-order valence-electron chi connectivity index (χ2n) is 6.92. The minimum absolute atomic E-state index is 0.119. The van der Waals surface area contributed by atoms with Crippen molar-refractivity contribution < 1.29 is 19.0 Å². The quantitative estimate of drug-likeness (QED) is 0.689. The number of carbonyl (C=O) groups is 1. The predicted molar refractivity (Wildman–Crippen MR) is 94.7 cm³/mol. The second-order valence-corrected chi connectivity index (χ2v) is 6.92. The summed E-state index contributed by atoms with van der Waals surface area (Å²) in [6, 6.07) is 3.44. The molecule has 2 aliphatic rings. The van der Waals surface area contributed by atoms with Crippen LogP contribution in [0.15, 0.2) is 18.3 Å². The van der Waals surface area contributed by atoms with Crippen molar-refractivity contribution in [3.8, 4) is 11.8 Å². The standard InChI is InChI=1S/C18H23N5O4/c1-25-16-6-5-15(17(19-16)26-2)18(24)22-8-14(9-22)23-7-13(20-21-23)11-27-10-12-3-4-12/h5-7,12,14H,3-4,8-11H2,1-2H3. The largest absolute Gasteiger partial charge is 0.481 e. The summed E-state index contributed by atoms with van der Waals surface area (Å²) in [6.45, 7) is 2.43. The van der Waals surface area contributed by atoms with Gasteiger partial charge in [0.25, 0.3) is 5.91 Å². The Labute approximate surface area is 157 Å². The molecule has 144 valence electrons. The first kappa shape index (κ1) is 17.7. The van der Waals surface area contributed by atoms with Gasteiger partial charge in [-0.05, 0) is 24.8 Å². The van der Waals surface area contributed by atoms with Crippen molar-refractivity contribution in [2.75, 3.05) is 33.9 Å². The molecule has 4 rings (SSSR count). The third-order valence-corrected chi connectivity index (χ3v) is 4.85. The number of hydrogen-bond acceptors (Lipinski definition) is 7. The highest BCUT2D eigenvalue weighted by atomic mass is 16.5. The van der Waals surface area contributed by atoms with Crippen molar-refractivity contribution in [3.05, 3.63) is 29.6 Å². The summed E-state index contributed by atoms with van der Waals surface area (Å²) in [7, 11) is 3.01. The van der Waals surface area contributed by atoms with Crippen LogP contribution in [0.3, 0.4) is 0 Å². The van der Waals surface area contributed by atoms with Crippen LogP contribution in [0.25, 0.3) is 0 Å². The molecule has 9 heteroatoms. The zero-order chi connectivity index (χ0) is 18.8. The Hall–Kier alpha value is -2.68. The summed E-state index contributed by atoms with van der Waals surface area (Å²) in [5.74, 6) is 1.28. The van der Waals surface area contributed by atoms with Crippen LogP contribution >= 0.6 is 0 Å². The molecule has 0 spiro atoms. The first-order valence-corrected chi connectivity index (χ1v) is 9.04. The van der Waals surface area contributed by atoms with E-state index in [1.807, 2.05) is 10.9 Å². The summed E-state index contributed by atoms with van der Waals surface area (Å²) in [5.41, 5.74) is 1.24. The molecule has 2 aromatic heterocycles. The average molecular weight is 373 g/mol. The van der Waals surface area contributed by atoms with Crippen molar-refractivity contribution in [3.63, 3.8) is 0 Å². The Balaban J connectivity index is 1.32. The Kier molecular flexibility index (Phi) is 4.93. The highest BCUT2D eigenvalue weighted by molar-refractivity contribution is 5.97. The third kappa shape index (κ3) is 3.87. The third-order valence-electron chi connectivity index (χ3n) is 4.85. The van der Waals surface area contributed by atoms with Crippen LogP contribution in [0.1, 0.15) is 34.9 Å². The van der Waals surface area contributed by atoms with Crippen molar-refractivity contribution >= 4 is 5.91 Å². The fourth-order valence-corrected chi connectivity index (χ4v) is 2.99. The normalized spacial score (nSPS) is 16.9. The van der Waals surface area contributed by atoms with E-state index in [9.17, 15) is 4.79 Å². The van der Waals surface area contributed by atoms with Crippen molar-refractivity contribution in [1.82, 2.24) is 24.9 Å². The van der Waals surface area contributed by atoms with Crippen LogP contribution < -0.4 is 9.47 Å². The van der Waals surface area contributed by atoms with Gasteiger partial charge in [-0.3, -0.25) is 4.79 Å². The van der Waals surface area contributed by atoms with Crippen LogP contribution in [-0.4, -0.2) is 64.7 Å². The van der Waals surface area contributed by atoms with E-state index in [1.54, 1.807) is 17.0 Å². The number of nitrogens with zero attached hydrogens (tertiary/aromatic N) is 5. The fourth-order valence-electron chi connectivity index (χ4n) is 2.99. The second kappa shape index (κ2) is 7.51. The van der Waals surface area contributed by atoms with Gasteiger partial charge in [-0.15, -0.1) is 5.10 Å². The van der Waals surface area contributed by atoms with Gasteiger partial charge in [0, 0.05) is 25.8 Å². The molecular formula is C18H23N5O4. The SMILES string of the molecule is COc1ccc(C(=O)N2CC(n3cc(COCC4CC4)nn3)C2)c(OC)n1. The van der Waals surface area contributed by atoms with Gasteiger partial charge >= 0.3 is 0 Å². The van der Waals surface area contributed by atoms with E-state index in [-0.39, 0.29) is 17.8 Å². The molecule has 1 saturated heterocycles. The van der Waals surface area contributed by atoms with Crippen LogP contribution in [0, 0.1) is 5.92 Å². The molecule has 2 fully saturated rings. The molecule has 1 aliphatic carbocycles. The lowest BCUT2D eigenvalue weighted by Crippen LogP contribution is -2.51. The molecular weight excluding hydrogens is 350 g/mol. The molecule has 0 bridgehead atoms. The van der Waals surface area contributed by atoms with E-state index in [4.69, 9.17) is 14.2 Å². The summed E-state index contributed by atoms with van der Waals surface area (Å²) in [5, 5.41) is 8.32. The monoisotopic (exact) mass is 373 g/mol. The fraction of sp³-hybridized carbons (Fsp3) is 0.556. The maximum atomic E-state index is 12.7. The van der Waals surface area contributed by atoms with Crippen molar-refractivity contribution in [2.45, 2.75) is 25.5 Å². The number of pyridine rings is 1. The number of ether oxygens (including phenoxy) is 3. The molecule has 0 N–H and O–H groups in total. The summed E-state index contributed by atoms with van der Waals surface area (Å²) in [4.78, 5) is 18.6. The lowest BCUT2D eigenvalue weighted by molar-refractivity contribution is 0.0494. The van der Waals surface area contributed by atoms with Gasteiger partial charge in [0.15, 0.2) is 0 Å². The van der Waals surface area contributed by atoms with E-state index in [0.717, 1.165) is 18.2 Å². The van der Waals surface area contributed by atoms with E-state index < -0.39 is 0 Å². The van der Waals surface area contributed by atoms with E-state index in [1.165, 1.54) is 27.1 Å². The zero-order valence-electron chi connectivity index (χ0n) is 15.5. The average Bonchev–Trinajstić information content (AvgIpc) is 3.37. The zero-order valence-corrected chi connectivity index (χ0v) is 15.5. The van der Waals surface area contributed by atoms with Gasteiger partial charge in [0.2, 0.25) is 11.8 Å². The number of hydrogen-bond donors (Lipinski definition) is 0. The van der Waals surface area contributed by atoms with Crippen molar-refractivity contribution in [1.29, 1.82) is 0 Å². The Morgan fingerprint density at radius 2 is 2.04 bits per heavy atom. The number of methoxy groups -OCH3 is 2. The van der Waals surface area contributed by atoms with E-state index in [2.05, 4.69) is 15.3 Å². The molecule has 2 aromatic rings. The minimum Gasteiger partial charge on any atom is -0.481 e. The van der Waals surface area contributed by atoms with Gasteiger partial charge in [-0.25, -0.2) is 4.68 Å². The molecule has 0 aromatic carbocycles. The first-order valence-electron chi connectivity index (χ1n) is 9.04.